The van der Waals surface area contributed by atoms with Crippen molar-refractivity contribution in [2.45, 2.75) is 31.7 Å². The van der Waals surface area contributed by atoms with E-state index in [0.29, 0.717) is 32.2 Å². The average Bonchev–Trinajstić information content (AvgIpc) is 3.16. The highest BCUT2D eigenvalue weighted by Gasteiger charge is 2.19. The molecule has 0 aliphatic heterocycles. The number of hydrogen-bond donors (Lipinski definition) is 2. The molecule has 0 aromatic rings. The van der Waals surface area contributed by atoms with Gasteiger partial charge in [0, 0.05) is 19.1 Å². The Bertz CT molecular complexity index is 343. The summed E-state index contributed by atoms with van der Waals surface area (Å²) in [6, 6.07) is 0.698. The lowest BCUT2D eigenvalue weighted by molar-refractivity contribution is 0.122. The summed E-state index contributed by atoms with van der Waals surface area (Å²) >= 11 is 0. The Morgan fingerprint density at radius 1 is 1.15 bits per heavy atom. The quantitative estimate of drug-likeness (QED) is 0.469. The Morgan fingerprint density at radius 2 is 1.90 bits per heavy atom. The van der Waals surface area contributed by atoms with E-state index in [4.69, 9.17) is 4.74 Å². The second kappa shape index (κ2) is 9.68. The molecule has 1 rings (SSSR count). The predicted octanol–water partition coefficient (Wildman–Crippen LogP) is 0.0162. The summed E-state index contributed by atoms with van der Waals surface area (Å²) in [4.78, 5) is 2.03. The molecule has 0 radical (unpaired) electrons. The number of ether oxygens (including phenoxy) is 1. The molecule has 2 N–H and O–H groups in total. The maximum absolute atomic E-state index is 11.7. The second-order valence-corrected chi connectivity index (χ2v) is 7.49. The Balaban J connectivity index is 1.91. The van der Waals surface area contributed by atoms with Gasteiger partial charge >= 0.3 is 0 Å². The first kappa shape index (κ1) is 17.8. The van der Waals surface area contributed by atoms with Crippen LogP contribution in [0.15, 0.2) is 0 Å². The molecular formula is C13H29N3O3S. The van der Waals surface area contributed by atoms with Crippen molar-refractivity contribution in [2.75, 3.05) is 52.7 Å². The number of likely N-dealkylation sites (N-methyl/N-ethyl adjacent to an activating group) is 1. The van der Waals surface area contributed by atoms with Gasteiger partial charge < -0.3 is 15.0 Å². The van der Waals surface area contributed by atoms with E-state index < -0.39 is 10.0 Å². The van der Waals surface area contributed by atoms with Gasteiger partial charge in [0.1, 0.15) is 0 Å². The molecule has 0 aromatic carbocycles. The van der Waals surface area contributed by atoms with Gasteiger partial charge in [-0.1, -0.05) is 0 Å². The standard InChI is InChI=1S/C13H29N3O3S/c1-16(2)9-11-19-10-8-15-20(17,18)12-4-3-7-14-13-5-6-13/h13-15H,3-12H2,1-2H3. The molecule has 20 heavy (non-hydrogen) atoms. The van der Waals surface area contributed by atoms with E-state index in [0.717, 1.165) is 19.5 Å². The van der Waals surface area contributed by atoms with E-state index in [1.807, 2.05) is 19.0 Å². The largest absolute Gasteiger partial charge is 0.379 e. The molecule has 7 heteroatoms. The Kier molecular flexibility index (Phi) is 8.63. The Hall–Kier alpha value is -0.210. The minimum absolute atomic E-state index is 0.205. The third-order valence-electron chi connectivity index (χ3n) is 3.10. The number of sulfonamides is 1. The normalized spacial score (nSPS) is 15.9. The lowest BCUT2D eigenvalue weighted by Gasteiger charge is -2.10. The maximum atomic E-state index is 11.7. The fourth-order valence-corrected chi connectivity index (χ4v) is 2.82. The zero-order valence-corrected chi connectivity index (χ0v) is 13.5. The molecule has 0 bridgehead atoms. The van der Waals surface area contributed by atoms with Crippen LogP contribution in [-0.4, -0.2) is 72.1 Å². The molecule has 0 amide bonds. The minimum atomic E-state index is -3.14. The highest BCUT2D eigenvalue weighted by atomic mass is 32.2. The lowest BCUT2D eigenvalue weighted by Crippen LogP contribution is -2.30. The summed E-state index contributed by atoms with van der Waals surface area (Å²) in [5, 5.41) is 3.38. The molecule has 0 unspecified atom stereocenters. The zero-order chi connectivity index (χ0) is 14.8. The molecular weight excluding hydrogens is 278 g/mol. The van der Waals surface area contributed by atoms with Crippen molar-refractivity contribution in [1.82, 2.24) is 14.9 Å². The highest BCUT2D eigenvalue weighted by Crippen LogP contribution is 2.18. The Morgan fingerprint density at radius 3 is 2.55 bits per heavy atom. The van der Waals surface area contributed by atoms with Crippen molar-refractivity contribution in [3.05, 3.63) is 0 Å². The molecule has 1 aliphatic rings. The van der Waals surface area contributed by atoms with Gasteiger partial charge in [-0.05, 0) is 46.3 Å². The molecule has 120 valence electrons. The van der Waals surface area contributed by atoms with Crippen LogP contribution in [0.25, 0.3) is 0 Å². The first-order valence-electron chi connectivity index (χ1n) is 7.43. The zero-order valence-electron chi connectivity index (χ0n) is 12.7. The van der Waals surface area contributed by atoms with Crippen LogP contribution in [0.4, 0.5) is 0 Å². The van der Waals surface area contributed by atoms with Crippen molar-refractivity contribution >= 4 is 10.0 Å². The third-order valence-corrected chi connectivity index (χ3v) is 4.57. The molecule has 0 atom stereocenters. The second-order valence-electron chi connectivity index (χ2n) is 5.56. The summed E-state index contributed by atoms with van der Waals surface area (Å²) in [5.74, 6) is 0.205. The van der Waals surface area contributed by atoms with E-state index in [-0.39, 0.29) is 5.75 Å². The molecule has 1 saturated carbocycles. The van der Waals surface area contributed by atoms with Crippen molar-refractivity contribution in [1.29, 1.82) is 0 Å². The molecule has 1 aliphatic carbocycles. The summed E-state index contributed by atoms with van der Waals surface area (Å²) in [7, 11) is 0.814. The summed E-state index contributed by atoms with van der Waals surface area (Å²) < 4.78 is 31.3. The van der Waals surface area contributed by atoms with Gasteiger partial charge in [0.05, 0.1) is 19.0 Å². The van der Waals surface area contributed by atoms with Crippen LogP contribution in [0, 0.1) is 0 Å². The number of nitrogens with zero attached hydrogens (tertiary/aromatic N) is 1. The smallest absolute Gasteiger partial charge is 0.211 e. The SMILES string of the molecule is CN(C)CCOCCNS(=O)(=O)CCCCNC1CC1. The van der Waals surface area contributed by atoms with Crippen molar-refractivity contribution < 1.29 is 13.2 Å². The number of unbranched alkanes of at least 4 members (excludes halogenated alkanes) is 1. The first-order valence-corrected chi connectivity index (χ1v) is 9.08. The Labute approximate surface area is 123 Å². The summed E-state index contributed by atoms with van der Waals surface area (Å²) in [6.07, 6.45) is 4.16. The van der Waals surface area contributed by atoms with Crippen LogP contribution in [-0.2, 0) is 14.8 Å². The van der Waals surface area contributed by atoms with Crippen molar-refractivity contribution in [3.63, 3.8) is 0 Å². The van der Waals surface area contributed by atoms with Gasteiger partial charge in [0.25, 0.3) is 0 Å². The predicted molar refractivity (Wildman–Crippen MR) is 81.4 cm³/mol. The summed E-state index contributed by atoms with van der Waals surface area (Å²) in [5.41, 5.74) is 0. The van der Waals surface area contributed by atoms with E-state index in [2.05, 4.69) is 10.0 Å². The van der Waals surface area contributed by atoms with E-state index in [9.17, 15) is 8.42 Å². The topological polar surface area (TPSA) is 70.7 Å². The number of rotatable bonds is 13. The van der Waals surface area contributed by atoms with E-state index >= 15 is 0 Å². The average molecular weight is 307 g/mol. The van der Waals surface area contributed by atoms with Gasteiger partial charge in [-0.3, -0.25) is 0 Å². The number of nitrogens with one attached hydrogen (secondary N) is 2. The van der Waals surface area contributed by atoms with Crippen LogP contribution in [0.5, 0.6) is 0 Å². The van der Waals surface area contributed by atoms with Crippen LogP contribution in [0.3, 0.4) is 0 Å². The molecule has 0 heterocycles. The van der Waals surface area contributed by atoms with Gasteiger partial charge in [-0.25, -0.2) is 13.1 Å². The lowest BCUT2D eigenvalue weighted by atomic mass is 10.3. The van der Waals surface area contributed by atoms with Crippen LogP contribution in [0.1, 0.15) is 25.7 Å². The van der Waals surface area contributed by atoms with Crippen molar-refractivity contribution in [2.24, 2.45) is 0 Å². The highest BCUT2D eigenvalue weighted by molar-refractivity contribution is 7.89. The fourth-order valence-electron chi connectivity index (χ4n) is 1.70. The molecule has 0 aromatic heterocycles. The molecule has 1 fully saturated rings. The number of hydrogen-bond acceptors (Lipinski definition) is 5. The van der Waals surface area contributed by atoms with Crippen LogP contribution >= 0.6 is 0 Å². The monoisotopic (exact) mass is 307 g/mol. The third kappa shape index (κ3) is 10.6. The maximum Gasteiger partial charge on any atom is 0.211 e. The van der Waals surface area contributed by atoms with Gasteiger partial charge in [-0.15, -0.1) is 0 Å². The fraction of sp³-hybridized carbons (Fsp3) is 1.00. The van der Waals surface area contributed by atoms with E-state index in [1.54, 1.807) is 0 Å². The summed E-state index contributed by atoms with van der Waals surface area (Å²) in [6.45, 7) is 3.18. The minimum Gasteiger partial charge on any atom is -0.379 e. The van der Waals surface area contributed by atoms with Gasteiger partial charge in [0.2, 0.25) is 10.0 Å². The first-order chi connectivity index (χ1) is 9.49. The van der Waals surface area contributed by atoms with Crippen LogP contribution < -0.4 is 10.0 Å². The molecule has 0 saturated heterocycles. The van der Waals surface area contributed by atoms with E-state index in [1.165, 1.54) is 12.8 Å². The van der Waals surface area contributed by atoms with Crippen LogP contribution in [0.2, 0.25) is 0 Å². The van der Waals surface area contributed by atoms with Gasteiger partial charge in [-0.2, -0.15) is 0 Å². The molecule has 6 nitrogen and oxygen atoms in total. The van der Waals surface area contributed by atoms with Gasteiger partial charge in [0.15, 0.2) is 0 Å². The van der Waals surface area contributed by atoms with Crippen molar-refractivity contribution in [3.8, 4) is 0 Å². The molecule has 0 spiro atoms.